The van der Waals surface area contributed by atoms with Crippen LogP contribution in [0, 0.1) is 0 Å². The van der Waals surface area contributed by atoms with Gasteiger partial charge in [0.25, 0.3) is 0 Å². The Morgan fingerprint density at radius 2 is 2.04 bits per heavy atom. The molecule has 3 rings (SSSR count). The fourth-order valence-corrected chi connectivity index (χ4v) is 3.24. The molecule has 1 aliphatic rings. The first-order valence-electron chi connectivity index (χ1n) is 9.02. The summed E-state index contributed by atoms with van der Waals surface area (Å²) in [6.45, 7) is 9.08. The molecule has 26 heavy (non-hydrogen) atoms. The highest BCUT2D eigenvalue weighted by molar-refractivity contribution is 5.98. The van der Waals surface area contributed by atoms with E-state index in [1.165, 1.54) is 0 Å². The third-order valence-electron chi connectivity index (χ3n) is 4.44. The molecule has 4 N–H and O–H groups in total. The van der Waals surface area contributed by atoms with Crippen LogP contribution < -0.4 is 16.2 Å². The number of carbonyl (C=O) groups excluding carboxylic acids is 1. The molecule has 0 atom stereocenters. The highest BCUT2D eigenvalue weighted by Gasteiger charge is 2.18. The molecule has 0 unspecified atom stereocenters. The fraction of sp³-hybridized carbons (Fsp3) is 0.556. The molecular formula is C18H27N5O3. The molecule has 2 aromatic rings. The zero-order valence-corrected chi connectivity index (χ0v) is 15.4. The number of nitrogen functional groups attached to an aromatic ring is 1. The number of hydrogen-bond donors (Lipinski definition) is 2. The number of amides is 1. The molecular weight excluding hydrogens is 334 g/mol. The molecule has 0 bridgehead atoms. The molecule has 142 valence electrons. The van der Waals surface area contributed by atoms with Crippen molar-refractivity contribution in [3.05, 3.63) is 17.7 Å². The van der Waals surface area contributed by atoms with Gasteiger partial charge in [-0.25, -0.2) is 4.98 Å². The van der Waals surface area contributed by atoms with Gasteiger partial charge in [-0.3, -0.25) is 9.69 Å². The number of benzene rings is 1. The summed E-state index contributed by atoms with van der Waals surface area (Å²) in [5, 5.41) is 0. The number of primary amides is 1. The lowest BCUT2D eigenvalue weighted by atomic mass is 10.1. The zero-order chi connectivity index (χ0) is 18.7. The summed E-state index contributed by atoms with van der Waals surface area (Å²) in [7, 11) is 0. The molecule has 0 saturated carbocycles. The highest BCUT2D eigenvalue weighted by Crippen LogP contribution is 2.30. The third kappa shape index (κ3) is 4.08. The number of aryl methyl sites for hydroxylation is 1. The molecule has 0 radical (unpaired) electrons. The van der Waals surface area contributed by atoms with Crippen LogP contribution in [-0.2, 0) is 11.3 Å². The van der Waals surface area contributed by atoms with Gasteiger partial charge in [-0.15, -0.1) is 0 Å². The minimum absolute atomic E-state index is 0.0424. The van der Waals surface area contributed by atoms with Crippen molar-refractivity contribution in [3.8, 4) is 5.75 Å². The second-order valence-corrected chi connectivity index (χ2v) is 6.80. The van der Waals surface area contributed by atoms with E-state index in [-0.39, 0.29) is 6.10 Å². The summed E-state index contributed by atoms with van der Waals surface area (Å²) in [6, 6.07) is 3.34. The van der Waals surface area contributed by atoms with Crippen molar-refractivity contribution < 1.29 is 14.3 Å². The molecule has 1 fully saturated rings. The fourth-order valence-electron chi connectivity index (χ4n) is 3.24. The Balaban J connectivity index is 1.86. The standard InChI is InChI=1S/C18H27N5O3/c1-12(2)26-15-11-13(17(19)24)10-14-16(15)23(18(20)21-14)5-3-4-22-6-8-25-9-7-22/h10-12H,3-9H2,1-2H3,(H2,19,24)(H2,20,21). The van der Waals surface area contributed by atoms with E-state index in [1.807, 2.05) is 18.4 Å². The number of fused-ring (bicyclic) bond motifs is 1. The van der Waals surface area contributed by atoms with Crippen molar-refractivity contribution in [2.75, 3.05) is 38.6 Å². The smallest absolute Gasteiger partial charge is 0.248 e. The van der Waals surface area contributed by atoms with E-state index >= 15 is 0 Å². The summed E-state index contributed by atoms with van der Waals surface area (Å²) in [5.74, 6) is 0.486. The number of imidazole rings is 1. The number of anilines is 1. The second-order valence-electron chi connectivity index (χ2n) is 6.80. The van der Waals surface area contributed by atoms with Crippen molar-refractivity contribution in [1.29, 1.82) is 0 Å². The van der Waals surface area contributed by atoms with Crippen LogP contribution in [0.1, 0.15) is 30.6 Å². The molecule has 1 amide bonds. The van der Waals surface area contributed by atoms with Crippen LogP contribution in [0.25, 0.3) is 11.0 Å². The predicted octanol–water partition coefficient (Wildman–Crippen LogP) is 1.23. The SMILES string of the molecule is CC(C)Oc1cc(C(N)=O)cc2nc(N)n(CCCN3CCOCC3)c12. The first-order valence-corrected chi connectivity index (χ1v) is 9.02. The van der Waals surface area contributed by atoms with Gasteiger partial charge in [-0.2, -0.15) is 0 Å². The Bertz CT molecular complexity index is 781. The van der Waals surface area contributed by atoms with Crippen LogP contribution in [0.4, 0.5) is 5.95 Å². The Labute approximate surface area is 153 Å². The topological polar surface area (TPSA) is 109 Å². The molecule has 0 aliphatic carbocycles. The van der Waals surface area contributed by atoms with E-state index in [4.69, 9.17) is 20.9 Å². The van der Waals surface area contributed by atoms with Gasteiger partial charge in [0, 0.05) is 31.7 Å². The largest absolute Gasteiger partial charge is 0.489 e. The van der Waals surface area contributed by atoms with Gasteiger partial charge >= 0.3 is 0 Å². The van der Waals surface area contributed by atoms with E-state index in [1.54, 1.807) is 12.1 Å². The van der Waals surface area contributed by atoms with Gasteiger partial charge in [-0.1, -0.05) is 0 Å². The Hall–Kier alpha value is -2.32. The Morgan fingerprint density at radius 1 is 1.31 bits per heavy atom. The number of hydrogen-bond acceptors (Lipinski definition) is 6. The molecule has 8 nitrogen and oxygen atoms in total. The number of morpholine rings is 1. The number of carbonyl (C=O) groups is 1. The molecule has 1 aliphatic heterocycles. The lowest BCUT2D eigenvalue weighted by Crippen LogP contribution is -2.37. The third-order valence-corrected chi connectivity index (χ3v) is 4.44. The number of rotatable bonds is 7. The first kappa shape index (κ1) is 18.5. The van der Waals surface area contributed by atoms with Crippen LogP contribution in [0.2, 0.25) is 0 Å². The maximum atomic E-state index is 11.6. The van der Waals surface area contributed by atoms with Gasteiger partial charge in [0.2, 0.25) is 11.9 Å². The van der Waals surface area contributed by atoms with E-state index in [0.717, 1.165) is 51.3 Å². The van der Waals surface area contributed by atoms with Crippen LogP contribution >= 0.6 is 0 Å². The predicted molar refractivity (Wildman–Crippen MR) is 100 cm³/mol. The van der Waals surface area contributed by atoms with Gasteiger partial charge in [0.05, 0.1) is 24.8 Å². The molecule has 1 aromatic carbocycles. The van der Waals surface area contributed by atoms with Crippen molar-refractivity contribution in [2.24, 2.45) is 5.73 Å². The Kier molecular flexibility index (Phi) is 5.63. The average molecular weight is 361 g/mol. The summed E-state index contributed by atoms with van der Waals surface area (Å²) < 4.78 is 13.3. The summed E-state index contributed by atoms with van der Waals surface area (Å²) in [5.41, 5.74) is 13.4. The van der Waals surface area contributed by atoms with Crippen molar-refractivity contribution in [2.45, 2.75) is 32.9 Å². The van der Waals surface area contributed by atoms with E-state index in [9.17, 15) is 4.79 Å². The van der Waals surface area contributed by atoms with Crippen LogP contribution in [0.15, 0.2) is 12.1 Å². The highest BCUT2D eigenvalue weighted by atomic mass is 16.5. The van der Waals surface area contributed by atoms with Gasteiger partial charge in [-0.05, 0) is 32.4 Å². The van der Waals surface area contributed by atoms with Crippen molar-refractivity contribution in [3.63, 3.8) is 0 Å². The summed E-state index contributed by atoms with van der Waals surface area (Å²) in [6.07, 6.45) is 0.896. The van der Waals surface area contributed by atoms with E-state index in [0.29, 0.717) is 22.8 Å². The molecule has 8 heteroatoms. The van der Waals surface area contributed by atoms with Crippen LogP contribution in [0.5, 0.6) is 5.75 Å². The lowest BCUT2D eigenvalue weighted by Gasteiger charge is -2.26. The minimum Gasteiger partial charge on any atom is -0.489 e. The van der Waals surface area contributed by atoms with Gasteiger partial charge in [0.15, 0.2) is 0 Å². The van der Waals surface area contributed by atoms with Crippen molar-refractivity contribution in [1.82, 2.24) is 14.5 Å². The number of nitrogens with zero attached hydrogens (tertiary/aromatic N) is 3. The number of aromatic nitrogens is 2. The number of ether oxygens (including phenoxy) is 2. The summed E-state index contributed by atoms with van der Waals surface area (Å²) >= 11 is 0. The second kappa shape index (κ2) is 7.92. The monoisotopic (exact) mass is 361 g/mol. The van der Waals surface area contributed by atoms with Crippen LogP contribution in [-0.4, -0.2) is 59.3 Å². The summed E-state index contributed by atoms with van der Waals surface area (Å²) in [4.78, 5) is 18.4. The van der Waals surface area contributed by atoms with Crippen LogP contribution in [0.3, 0.4) is 0 Å². The van der Waals surface area contributed by atoms with Gasteiger partial charge in [0.1, 0.15) is 11.3 Å². The molecule has 2 heterocycles. The average Bonchev–Trinajstić information content (AvgIpc) is 2.91. The maximum Gasteiger partial charge on any atom is 0.248 e. The quantitative estimate of drug-likeness (QED) is 0.768. The van der Waals surface area contributed by atoms with E-state index < -0.39 is 5.91 Å². The molecule has 1 aromatic heterocycles. The molecule has 1 saturated heterocycles. The number of nitrogens with two attached hydrogens (primary N) is 2. The first-order chi connectivity index (χ1) is 12.5. The lowest BCUT2D eigenvalue weighted by molar-refractivity contribution is 0.0370. The molecule has 0 spiro atoms. The van der Waals surface area contributed by atoms with E-state index in [2.05, 4.69) is 9.88 Å². The maximum absolute atomic E-state index is 11.6. The van der Waals surface area contributed by atoms with Gasteiger partial charge < -0.3 is 25.5 Å². The normalized spacial score (nSPS) is 15.7. The van der Waals surface area contributed by atoms with Crippen molar-refractivity contribution >= 4 is 22.9 Å². The zero-order valence-electron chi connectivity index (χ0n) is 15.4. The minimum atomic E-state index is -0.513. The Morgan fingerprint density at radius 3 is 2.69 bits per heavy atom.